The van der Waals surface area contributed by atoms with Crippen LogP contribution < -0.4 is 0 Å². The fraction of sp³-hybridized carbons (Fsp3) is 0.333. The van der Waals surface area contributed by atoms with Gasteiger partial charge in [0, 0.05) is 24.8 Å². The summed E-state index contributed by atoms with van der Waals surface area (Å²) in [5.41, 5.74) is 1.60. The zero-order chi connectivity index (χ0) is 17.6. The first kappa shape index (κ1) is 16.1. The first-order valence-corrected chi connectivity index (χ1v) is 9.04. The Labute approximate surface area is 148 Å². The highest BCUT2D eigenvalue weighted by Gasteiger charge is 2.37. The van der Waals surface area contributed by atoms with E-state index in [1.54, 1.807) is 24.3 Å². The molecule has 2 amide bonds. The number of aliphatic hydroxyl groups is 1. The van der Waals surface area contributed by atoms with Gasteiger partial charge in [0.15, 0.2) is 0 Å². The zero-order valence-electron chi connectivity index (χ0n) is 13.3. The lowest BCUT2D eigenvalue weighted by Crippen LogP contribution is -2.31. The number of Topliss-reactive ketones (excluding diaryl/α,β-unsaturated/α-hetero) is 1. The predicted molar refractivity (Wildman–Crippen MR) is 90.6 cm³/mol. The molecule has 1 aliphatic heterocycles. The number of amides is 2. The normalized spacial score (nSPS) is 22.8. The van der Waals surface area contributed by atoms with Crippen molar-refractivity contribution in [2.24, 2.45) is 0 Å². The van der Waals surface area contributed by atoms with Crippen LogP contribution in [0.25, 0.3) is 0 Å². The first-order valence-electron chi connectivity index (χ1n) is 8.16. The van der Waals surface area contributed by atoms with Gasteiger partial charge in [-0.1, -0.05) is 12.1 Å². The maximum absolute atomic E-state index is 12.3. The number of thiazole rings is 1. The highest BCUT2D eigenvalue weighted by molar-refractivity contribution is 7.09. The Morgan fingerprint density at radius 3 is 2.44 bits per heavy atom. The summed E-state index contributed by atoms with van der Waals surface area (Å²) in [5.74, 6) is -1.07. The number of benzene rings is 1. The van der Waals surface area contributed by atoms with Crippen molar-refractivity contribution in [3.63, 3.8) is 0 Å². The Hall–Kier alpha value is -2.38. The summed E-state index contributed by atoms with van der Waals surface area (Å²) in [6.45, 7) is 0.247. The standard InChI is InChI=1S/C18H16N2O4S/c21-13-5-6-14(22)15(13)16-19-10(9-25-16)7-8-20-17(23)11-3-1-2-4-12(11)18(20)24/h1-4,9,13,15,21H,5-8H2. The van der Waals surface area contributed by atoms with Crippen LogP contribution in [0.2, 0.25) is 0 Å². The van der Waals surface area contributed by atoms with Crippen LogP contribution in [0, 0.1) is 0 Å². The van der Waals surface area contributed by atoms with Crippen molar-refractivity contribution in [3.8, 4) is 0 Å². The molecule has 2 atom stereocenters. The molecule has 4 rings (SSSR count). The second-order valence-corrected chi connectivity index (χ2v) is 7.17. The van der Waals surface area contributed by atoms with Gasteiger partial charge in [0.05, 0.1) is 28.8 Å². The van der Waals surface area contributed by atoms with Crippen LogP contribution in [0.4, 0.5) is 0 Å². The quantitative estimate of drug-likeness (QED) is 0.844. The number of aliphatic hydroxyl groups excluding tert-OH is 1. The SMILES string of the molecule is O=C1CCC(O)C1c1nc(CCN2C(=O)c3ccccc3C2=O)cs1. The highest BCUT2D eigenvalue weighted by atomic mass is 32.1. The number of nitrogens with zero attached hydrogens (tertiary/aromatic N) is 2. The number of aromatic nitrogens is 1. The van der Waals surface area contributed by atoms with E-state index in [2.05, 4.69) is 4.98 Å². The largest absolute Gasteiger partial charge is 0.392 e. The van der Waals surface area contributed by atoms with Gasteiger partial charge >= 0.3 is 0 Å². The Bertz CT molecular complexity index is 840. The van der Waals surface area contributed by atoms with Gasteiger partial charge in [-0.05, 0) is 18.6 Å². The molecule has 2 aliphatic rings. The summed E-state index contributed by atoms with van der Waals surface area (Å²) in [5, 5.41) is 12.4. The maximum Gasteiger partial charge on any atom is 0.261 e. The van der Waals surface area contributed by atoms with Crippen molar-refractivity contribution < 1.29 is 19.5 Å². The number of fused-ring (bicyclic) bond motifs is 1. The van der Waals surface area contributed by atoms with Gasteiger partial charge in [-0.2, -0.15) is 0 Å². The molecule has 25 heavy (non-hydrogen) atoms. The van der Waals surface area contributed by atoms with Gasteiger partial charge in [-0.15, -0.1) is 11.3 Å². The molecule has 1 fully saturated rings. The summed E-state index contributed by atoms with van der Waals surface area (Å²) in [4.78, 5) is 42.2. The molecule has 1 aromatic heterocycles. The van der Waals surface area contributed by atoms with E-state index in [0.717, 1.165) is 5.69 Å². The lowest BCUT2D eigenvalue weighted by molar-refractivity contribution is -0.119. The molecule has 2 aromatic rings. The van der Waals surface area contributed by atoms with Crippen molar-refractivity contribution in [1.82, 2.24) is 9.88 Å². The molecular formula is C18H16N2O4S. The minimum atomic E-state index is -0.664. The van der Waals surface area contributed by atoms with Crippen molar-refractivity contribution in [1.29, 1.82) is 0 Å². The molecule has 2 unspecified atom stereocenters. The number of ketones is 1. The van der Waals surface area contributed by atoms with Crippen LogP contribution in [-0.4, -0.2) is 45.2 Å². The number of rotatable bonds is 4. The Kier molecular flexibility index (Phi) is 3.97. The smallest absolute Gasteiger partial charge is 0.261 e. The molecule has 6 nitrogen and oxygen atoms in total. The van der Waals surface area contributed by atoms with E-state index >= 15 is 0 Å². The van der Waals surface area contributed by atoms with E-state index in [1.807, 2.05) is 5.38 Å². The fourth-order valence-corrected chi connectivity index (χ4v) is 4.41. The van der Waals surface area contributed by atoms with Gasteiger partial charge in [-0.3, -0.25) is 19.3 Å². The molecule has 0 bridgehead atoms. The van der Waals surface area contributed by atoms with Gasteiger partial charge < -0.3 is 5.11 Å². The molecule has 0 spiro atoms. The Morgan fingerprint density at radius 1 is 1.16 bits per heavy atom. The number of hydrogen-bond acceptors (Lipinski definition) is 6. The van der Waals surface area contributed by atoms with Crippen LogP contribution >= 0.6 is 11.3 Å². The highest BCUT2D eigenvalue weighted by Crippen LogP contribution is 2.33. The molecule has 1 aliphatic carbocycles. The number of carbonyl (C=O) groups excluding carboxylic acids is 3. The minimum absolute atomic E-state index is 0.0220. The van der Waals surface area contributed by atoms with E-state index in [1.165, 1.54) is 16.2 Å². The van der Waals surface area contributed by atoms with Gasteiger partial charge in [0.1, 0.15) is 10.8 Å². The number of hydrogen-bond donors (Lipinski definition) is 1. The first-order chi connectivity index (χ1) is 12.1. The molecule has 1 saturated carbocycles. The van der Waals surface area contributed by atoms with Gasteiger partial charge in [0.25, 0.3) is 11.8 Å². The monoisotopic (exact) mass is 356 g/mol. The van der Waals surface area contributed by atoms with Crippen LogP contribution in [0.1, 0.15) is 50.2 Å². The third kappa shape index (κ3) is 2.69. The summed E-state index contributed by atoms with van der Waals surface area (Å²) in [7, 11) is 0. The zero-order valence-corrected chi connectivity index (χ0v) is 14.2. The molecule has 1 aromatic carbocycles. The molecular weight excluding hydrogens is 340 g/mol. The third-order valence-corrected chi connectivity index (χ3v) is 5.70. The van der Waals surface area contributed by atoms with Gasteiger partial charge in [0.2, 0.25) is 0 Å². The fourth-order valence-electron chi connectivity index (χ4n) is 3.38. The Morgan fingerprint density at radius 2 is 1.84 bits per heavy atom. The topological polar surface area (TPSA) is 87.6 Å². The van der Waals surface area contributed by atoms with E-state index in [9.17, 15) is 19.5 Å². The van der Waals surface area contributed by atoms with Gasteiger partial charge in [-0.25, -0.2) is 4.98 Å². The second-order valence-electron chi connectivity index (χ2n) is 6.28. The number of imide groups is 1. The van der Waals surface area contributed by atoms with Crippen LogP contribution in [0.15, 0.2) is 29.6 Å². The molecule has 2 heterocycles. The van der Waals surface area contributed by atoms with E-state index in [-0.39, 0.29) is 24.1 Å². The molecule has 7 heteroatoms. The number of carbonyl (C=O) groups is 3. The summed E-state index contributed by atoms with van der Waals surface area (Å²) in [6.07, 6.45) is 0.630. The summed E-state index contributed by atoms with van der Waals surface area (Å²) >= 11 is 1.35. The second kappa shape index (κ2) is 6.16. The minimum Gasteiger partial charge on any atom is -0.392 e. The average molecular weight is 356 g/mol. The predicted octanol–water partition coefficient (Wildman–Crippen LogP) is 1.79. The maximum atomic E-state index is 12.3. The lowest BCUT2D eigenvalue weighted by atomic mass is 10.1. The van der Waals surface area contributed by atoms with E-state index < -0.39 is 12.0 Å². The van der Waals surface area contributed by atoms with Crippen molar-refractivity contribution in [2.75, 3.05) is 6.54 Å². The average Bonchev–Trinajstić information content (AvgIpc) is 3.26. The van der Waals surface area contributed by atoms with E-state index in [0.29, 0.717) is 35.4 Å². The summed E-state index contributed by atoms with van der Waals surface area (Å²) < 4.78 is 0. The van der Waals surface area contributed by atoms with Crippen molar-refractivity contribution >= 4 is 28.9 Å². The Balaban J connectivity index is 1.46. The molecule has 0 radical (unpaired) electrons. The molecule has 128 valence electrons. The molecule has 1 N–H and O–H groups in total. The summed E-state index contributed by atoms with van der Waals surface area (Å²) in [6, 6.07) is 6.79. The van der Waals surface area contributed by atoms with Crippen LogP contribution in [0.3, 0.4) is 0 Å². The molecule has 0 saturated heterocycles. The third-order valence-electron chi connectivity index (χ3n) is 4.72. The van der Waals surface area contributed by atoms with Crippen LogP contribution in [0.5, 0.6) is 0 Å². The van der Waals surface area contributed by atoms with Crippen LogP contribution in [-0.2, 0) is 11.2 Å². The van der Waals surface area contributed by atoms with Crippen molar-refractivity contribution in [2.45, 2.75) is 31.3 Å². The van der Waals surface area contributed by atoms with Crippen molar-refractivity contribution in [3.05, 3.63) is 51.5 Å². The lowest BCUT2D eigenvalue weighted by Gasteiger charge is -2.12. The van der Waals surface area contributed by atoms with E-state index in [4.69, 9.17) is 0 Å².